The van der Waals surface area contributed by atoms with Crippen LogP contribution in [0.25, 0.3) is 0 Å². The number of amides is 1. The molecule has 2 aliphatic carbocycles. The summed E-state index contributed by atoms with van der Waals surface area (Å²) in [7, 11) is 0. The van der Waals surface area contributed by atoms with Crippen molar-refractivity contribution in [3.05, 3.63) is 0 Å². The molecule has 1 saturated heterocycles. The molecule has 0 aromatic rings. The molecule has 19 heavy (non-hydrogen) atoms. The van der Waals surface area contributed by atoms with E-state index >= 15 is 0 Å². The zero-order valence-corrected chi connectivity index (χ0v) is 12.4. The maximum atomic E-state index is 12.2. The minimum Gasteiger partial charge on any atom is -0.442 e. The maximum absolute atomic E-state index is 12.2. The van der Waals surface area contributed by atoms with E-state index in [0.29, 0.717) is 5.92 Å². The topological polar surface area (TPSA) is 41.9 Å². The zero-order chi connectivity index (χ0) is 13.8. The summed E-state index contributed by atoms with van der Waals surface area (Å²) in [6.45, 7) is 8.71. The minimum atomic E-state index is -0.242. The minimum absolute atomic E-state index is 0.0481. The number of nitrogens with zero attached hydrogens (tertiary/aromatic N) is 2. The smallest absolute Gasteiger partial charge is 0.431 e. The van der Waals surface area contributed by atoms with Gasteiger partial charge in [-0.1, -0.05) is 27.2 Å². The van der Waals surface area contributed by atoms with Crippen LogP contribution in [0.4, 0.5) is 4.79 Å². The van der Waals surface area contributed by atoms with Gasteiger partial charge >= 0.3 is 6.09 Å². The van der Waals surface area contributed by atoms with Crippen LogP contribution in [-0.4, -0.2) is 28.5 Å². The van der Waals surface area contributed by atoms with Crippen molar-refractivity contribution in [2.24, 2.45) is 16.4 Å². The quantitative estimate of drug-likeness (QED) is 0.731. The van der Waals surface area contributed by atoms with E-state index in [9.17, 15) is 4.79 Å². The molecule has 4 heteroatoms. The van der Waals surface area contributed by atoms with E-state index in [4.69, 9.17) is 4.74 Å². The molecule has 4 nitrogen and oxygen atoms in total. The second kappa shape index (κ2) is 3.97. The number of carbonyl (C=O) groups excluding carboxylic acids is 1. The number of hydrogen-bond acceptors (Lipinski definition) is 3. The largest absolute Gasteiger partial charge is 0.442 e. The van der Waals surface area contributed by atoms with E-state index in [2.05, 4.69) is 25.9 Å². The Labute approximate surface area is 115 Å². The molecule has 1 heterocycles. The molecular formula is C15H24N2O2. The van der Waals surface area contributed by atoms with E-state index in [0.717, 1.165) is 31.4 Å². The highest BCUT2D eigenvalue weighted by Gasteiger charge is 2.73. The van der Waals surface area contributed by atoms with Crippen molar-refractivity contribution in [3.63, 3.8) is 0 Å². The van der Waals surface area contributed by atoms with Crippen LogP contribution in [-0.2, 0) is 4.74 Å². The van der Waals surface area contributed by atoms with E-state index in [1.165, 1.54) is 6.42 Å². The Bertz CT molecular complexity index is 443. The van der Waals surface area contributed by atoms with E-state index in [-0.39, 0.29) is 23.2 Å². The molecular weight excluding hydrogens is 240 g/mol. The standard InChI is InChI=1S/C15H24N2O2/c1-5-6-10(2)16-17-13(18)19-12-9-11-7-8-15(12,17)14(11,3)4/h11-12H,5-9H2,1-4H3/b16-10+/t11-,12-,15+/m1/s1. The van der Waals surface area contributed by atoms with Crippen molar-refractivity contribution in [2.45, 2.75) is 71.4 Å². The molecule has 0 radical (unpaired) electrons. The highest BCUT2D eigenvalue weighted by molar-refractivity contribution is 5.84. The Kier molecular flexibility index (Phi) is 2.70. The lowest BCUT2D eigenvalue weighted by molar-refractivity contribution is 0.0569. The van der Waals surface area contributed by atoms with Crippen LogP contribution < -0.4 is 0 Å². The molecule has 2 saturated carbocycles. The van der Waals surface area contributed by atoms with Crippen LogP contribution in [0.1, 0.15) is 59.8 Å². The molecule has 0 N–H and O–H groups in total. The number of hydrazone groups is 1. The lowest BCUT2D eigenvalue weighted by Crippen LogP contribution is -2.53. The third-order valence-electron chi connectivity index (χ3n) is 5.72. The van der Waals surface area contributed by atoms with E-state index < -0.39 is 0 Å². The summed E-state index contributed by atoms with van der Waals surface area (Å²) in [5, 5.41) is 6.33. The number of carbonyl (C=O) groups is 1. The van der Waals surface area contributed by atoms with Crippen LogP contribution in [0.3, 0.4) is 0 Å². The van der Waals surface area contributed by atoms with Gasteiger partial charge in [-0.3, -0.25) is 0 Å². The van der Waals surface area contributed by atoms with Gasteiger partial charge in [-0.05, 0) is 43.9 Å². The van der Waals surface area contributed by atoms with Gasteiger partial charge in [0.1, 0.15) is 11.6 Å². The molecule has 3 aliphatic rings. The van der Waals surface area contributed by atoms with Crippen molar-refractivity contribution in [3.8, 4) is 0 Å². The van der Waals surface area contributed by atoms with Gasteiger partial charge in [0.05, 0.1) is 0 Å². The molecule has 1 spiro atoms. The third-order valence-corrected chi connectivity index (χ3v) is 5.72. The molecule has 106 valence electrons. The fourth-order valence-electron chi connectivity index (χ4n) is 4.58. The first-order valence-corrected chi connectivity index (χ1v) is 7.48. The van der Waals surface area contributed by atoms with Crippen LogP contribution in [0.5, 0.6) is 0 Å². The first-order chi connectivity index (χ1) is 8.93. The Balaban J connectivity index is 1.99. The van der Waals surface area contributed by atoms with Gasteiger partial charge in [-0.15, -0.1) is 0 Å². The SMILES string of the molecule is CCC/C(C)=N/N1C(=O)O[C@@H]2C[C@H]3CC[C@@]21C3(C)C. The molecule has 0 aromatic carbocycles. The van der Waals surface area contributed by atoms with Gasteiger partial charge in [0.25, 0.3) is 0 Å². The van der Waals surface area contributed by atoms with Gasteiger partial charge in [0, 0.05) is 5.71 Å². The van der Waals surface area contributed by atoms with Gasteiger partial charge in [-0.2, -0.15) is 10.1 Å². The summed E-state index contributed by atoms with van der Waals surface area (Å²) >= 11 is 0. The number of rotatable bonds is 3. The van der Waals surface area contributed by atoms with Gasteiger partial charge in [0.15, 0.2) is 0 Å². The van der Waals surface area contributed by atoms with Gasteiger partial charge in [-0.25, -0.2) is 4.79 Å². The molecule has 1 amide bonds. The predicted molar refractivity (Wildman–Crippen MR) is 74.0 cm³/mol. The van der Waals surface area contributed by atoms with Crippen molar-refractivity contribution in [1.29, 1.82) is 0 Å². The number of fused-ring (bicyclic) bond motifs is 1. The van der Waals surface area contributed by atoms with E-state index in [1.807, 2.05) is 6.92 Å². The lowest BCUT2D eigenvalue weighted by atomic mass is 9.75. The van der Waals surface area contributed by atoms with Crippen LogP contribution in [0.15, 0.2) is 5.10 Å². The molecule has 1 aliphatic heterocycles. The average Bonchev–Trinajstić information content (AvgIpc) is 2.83. The molecule has 3 atom stereocenters. The van der Waals surface area contributed by atoms with Crippen LogP contribution in [0, 0.1) is 11.3 Å². The summed E-state index contributed by atoms with van der Waals surface area (Å²) < 4.78 is 5.62. The lowest BCUT2D eigenvalue weighted by Gasteiger charge is -2.39. The fourth-order valence-corrected chi connectivity index (χ4v) is 4.58. The Morgan fingerprint density at radius 3 is 2.89 bits per heavy atom. The summed E-state index contributed by atoms with van der Waals surface area (Å²) in [5.74, 6) is 0.662. The Hall–Kier alpha value is -1.06. The Morgan fingerprint density at radius 1 is 1.53 bits per heavy atom. The molecule has 0 aromatic heterocycles. The van der Waals surface area contributed by atoms with Gasteiger partial charge in [0.2, 0.25) is 0 Å². The average molecular weight is 264 g/mol. The fraction of sp³-hybridized carbons (Fsp3) is 0.867. The summed E-state index contributed by atoms with van der Waals surface area (Å²) in [4.78, 5) is 12.2. The van der Waals surface area contributed by atoms with Crippen LogP contribution >= 0.6 is 0 Å². The van der Waals surface area contributed by atoms with Crippen LogP contribution in [0.2, 0.25) is 0 Å². The molecule has 3 fully saturated rings. The molecule has 3 rings (SSSR count). The molecule has 2 bridgehead atoms. The normalized spacial score (nSPS) is 39.7. The van der Waals surface area contributed by atoms with Gasteiger partial charge < -0.3 is 4.74 Å². The van der Waals surface area contributed by atoms with Crippen molar-refractivity contribution in [2.75, 3.05) is 0 Å². The Morgan fingerprint density at radius 2 is 2.26 bits per heavy atom. The monoisotopic (exact) mass is 264 g/mol. The van der Waals surface area contributed by atoms with E-state index in [1.54, 1.807) is 5.01 Å². The third kappa shape index (κ3) is 1.46. The summed E-state index contributed by atoms with van der Waals surface area (Å²) in [5.41, 5.74) is 0.949. The van der Waals surface area contributed by atoms with Crippen molar-refractivity contribution < 1.29 is 9.53 Å². The molecule has 0 unspecified atom stereocenters. The second-order valence-corrected chi connectivity index (χ2v) is 6.89. The number of hydrogen-bond donors (Lipinski definition) is 0. The summed E-state index contributed by atoms with van der Waals surface area (Å²) in [6.07, 6.45) is 5.04. The second-order valence-electron chi connectivity index (χ2n) is 6.89. The highest BCUT2D eigenvalue weighted by atomic mass is 16.6. The maximum Gasteiger partial charge on any atom is 0.431 e. The van der Waals surface area contributed by atoms with Crippen molar-refractivity contribution >= 4 is 11.8 Å². The zero-order valence-electron chi connectivity index (χ0n) is 12.4. The predicted octanol–water partition coefficient (Wildman–Crippen LogP) is 3.56. The highest BCUT2D eigenvalue weighted by Crippen LogP contribution is 2.65. The first-order valence-electron chi connectivity index (χ1n) is 7.48. The van der Waals surface area contributed by atoms with Crippen molar-refractivity contribution in [1.82, 2.24) is 5.01 Å². The summed E-state index contributed by atoms with van der Waals surface area (Å²) in [6, 6.07) is 0. The first kappa shape index (κ1) is 12.9. The number of ether oxygens (including phenoxy) is 1.